The van der Waals surface area contributed by atoms with E-state index in [0.717, 1.165) is 29.0 Å². The molecule has 2 aromatic rings. The van der Waals surface area contributed by atoms with Crippen LogP contribution in [0.25, 0.3) is 0 Å². The van der Waals surface area contributed by atoms with Crippen molar-refractivity contribution in [2.45, 2.75) is 19.4 Å². The SMILES string of the molecule is NCc1nc(Br)c(CCc2cccs2)[nH]1. The summed E-state index contributed by atoms with van der Waals surface area (Å²) in [5.74, 6) is 0.836. The Hall–Kier alpha value is -0.650. The Morgan fingerprint density at radius 3 is 2.93 bits per heavy atom. The summed E-state index contributed by atoms with van der Waals surface area (Å²) >= 11 is 5.21. The van der Waals surface area contributed by atoms with E-state index in [4.69, 9.17) is 5.73 Å². The highest BCUT2D eigenvalue weighted by Gasteiger charge is 2.06. The summed E-state index contributed by atoms with van der Waals surface area (Å²) in [5.41, 5.74) is 6.64. The monoisotopic (exact) mass is 285 g/mol. The van der Waals surface area contributed by atoms with Crippen LogP contribution in [0.15, 0.2) is 22.1 Å². The van der Waals surface area contributed by atoms with E-state index in [-0.39, 0.29) is 0 Å². The minimum Gasteiger partial charge on any atom is -0.344 e. The van der Waals surface area contributed by atoms with Gasteiger partial charge < -0.3 is 10.7 Å². The number of rotatable bonds is 4. The molecular formula is C10H12BrN3S. The van der Waals surface area contributed by atoms with Crippen molar-refractivity contribution in [3.05, 3.63) is 38.5 Å². The third kappa shape index (κ3) is 2.68. The standard InChI is InChI=1S/C10H12BrN3S/c11-10-8(13-9(6-12)14-10)4-3-7-2-1-5-15-7/h1-2,5H,3-4,6,12H2,(H,13,14). The second kappa shape index (κ2) is 4.92. The minimum atomic E-state index is 0.456. The Kier molecular flexibility index (Phi) is 3.56. The summed E-state index contributed by atoms with van der Waals surface area (Å²) in [6, 6.07) is 4.23. The van der Waals surface area contributed by atoms with E-state index in [1.54, 1.807) is 11.3 Å². The van der Waals surface area contributed by atoms with Crippen LogP contribution in [0.4, 0.5) is 0 Å². The average Bonchev–Trinajstić information content (AvgIpc) is 2.84. The molecule has 3 nitrogen and oxygen atoms in total. The molecule has 2 rings (SSSR count). The maximum Gasteiger partial charge on any atom is 0.127 e. The molecule has 0 aliphatic heterocycles. The average molecular weight is 286 g/mol. The van der Waals surface area contributed by atoms with Crippen LogP contribution in [-0.2, 0) is 19.4 Å². The molecule has 3 N–H and O–H groups in total. The largest absolute Gasteiger partial charge is 0.344 e. The van der Waals surface area contributed by atoms with E-state index in [1.165, 1.54) is 4.88 Å². The third-order valence-electron chi connectivity index (χ3n) is 2.17. The molecular weight excluding hydrogens is 274 g/mol. The summed E-state index contributed by atoms with van der Waals surface area (Å²) in [4.78, 5) is 8.88. The van der Waals surface area contributed by atoms with Gasteiger partial charge in [-0.2, -0.15) is 0 Å². The first kappa shape index (κ1) is 10.9. The number of hydrogen-bond donors (Lipinski definition) is 2. The zero-order chi connectivity index (χ0) is 10.7. The fourth-order valence-corrected chi connectivity index (χ4v) is 2.63. The van der Waals surface area contributed by atoms with Gasteiger partial charge >= 0.3 is 0 Å². The van der Waals surface area contributed by atoms with Crippen LogP contribution < -0.4 is 5.73 Å². The number of H-pyrrole nitrogens is 1. The van der Waals surface area contributed by atoms with E-state index in [2.05, 4.69) is 43.4 Å². The number of nitrogens with two attached hydrogens (primary N) is 1. The lowest BCUT2D eigenvalue weighted by Gasteiger charge is -1.96. The number of nitrogens with one attached hydrogen (secondary N) is 1. The third-order valence-corrected chi connectivity index (χ3v) is 3.76. The van der Waals surface area contributed by atoms with Crippen molar-refractivity contribution < 1.29 is 0 Å². The molecule has 5 heteroatoms. The molecule has 0 aliphatic carbocycles. The summed E-state index contributed by atoms with van der Waals surface area (Å²) in [7, 11) is 0. The molecule has 0 atom stereocenters. The summed E-state index contributed by atoms with van der Waals surface area (Å²) in [5, 5.41) is 2.10. The molecule has 0 aromatic carbocycles. The quantitative estimate of drug-likeness (QED) is 0.907. The first-order chi connectivity index (χ1) is 7.29. The first-order valence-electron chi connectivity index (χ1n) is 4.75. The molecule has 0 radical (unpaired) electrons. The Morgan fingerprint density at radius 2 is 2.33 bits per heavy atom. The van der Waals surface area contributed by atoms with Gasteiger partial charge in [-0.05, 0) is 40.2 Å². The van der Waals surface area contributed by atoms with Crippen LogP contribution in [0.1, 0.15) is 16.4 Å². The molecule has 2 aromatic heterocycles. The van der Waals surface area contributed by atoms with Crippen molar-refractivity contribution in [1.29, 1.82) is 0 Å². The smallest absolute Gasteiger partial charge is 0.127 e. The lowest BCUT2D eigenvalue weighted by atomic mass is 10.2. The molecule has 0 bridgehead atoms. The van der Waals surface area contributed by atoms with Gasteiger partial charge in [-0.15, -0.1) is 11.3 Å². The van der Waals surface area contributed by atoms with Gasteiger partial charge in [-0.3, -0.25) is 0 Å². The van der Waals surface area contributed by atoms with Gasteiger partial charge in [-0.1, -0.05) is 6.07 Å². The summed E-state index contributed by atoms with van der Waals surface area (Å²) < 4.78 is 0.888. The van der Waals surface area contributed by atoms with Gasteiger partial charge in [0.15, 0.2) is 0 Å². The number of thiophene rings is 1. The van der Waals surface area contributed by atoms with Gasteiger partial charge in [0.2, 0.25) is 0 Å². The molecule has 15 heavy (non-hydrogen) atoms. The summed E-state index contributed by atoms with van der Waals surface area (Å²) in [6.07, 6.45) is 2.01. The number of halogens is 1. The van der Waals surface area contributed by atoms with Crippen LogP contribution in [-0.4, -0.2) is 9.97 Å². The van der Waals surface area contributed by atoms with Gasteiger partial charge in [0.05, 0.1) is 6.54 Å². The van der Waals surface area contributed by atoms with Crippen LogP contribution in [0, 0.1) is 0 Å². The number of aromatic amines is 1. The van der Waals surface area contributed by atoms with Crippen LogP contribution >= 0.6 is 27.3 Å². The molecule has 2 heterocycles. The predicted molar refractivity (Wildman–Crippen MR) is 65.9 cm³/mol. The van der Waals surface area contributed by atoms with E-state index in [9.17, 15) is 0 Å². The van der Waals surface area contributed by atoms with E-state index in [0.29, 0.717) is 6.54 Å². The van der Waals surface area contributed by atoms with E-state index in [1.807, 2.05) is 0 Å². The molecule has 80 valence electrons. The van der Waals surface area contributed by atoms with Gasteiger partial charge in [0.25, 0.3) is 0 Å². The zero-order valence-corrected chi connectivity index (χ0v) is 10.6. The van der Waals surface area contributed by atoms with Crippen molar-refractivity contribution >= 4 is 27.3 Å². The van der Waals surface area contributed by atoms with Crippen molar-refractivity contribution in [3.63, 3.8) is 0 Å². The highest BCUT2D eigenvalue weighted by molar-refractivity contribution is 9.10. The zero-order valence-electron chi connectivity index (χ0n) is 8.16. The summed E-state index contributed by atoms with van der Waals surface area (Å²) in [6.45, 7) is 0.456. The molecule has 0 fully saturated rings. The van der Waals surface area contributed by atoms with Crippen LogP contribution in [0.2, 0.25) is 0 Å². The fraction of sp³-hybridized carbons (Fsp3) is 0.300. The Balaban J connectivity index is 2.01. The molecule has 0 amide bonds. The Labute approximate surface area is 101 Å². The Morgan fingerprint density at radius 1 is 1.47 bits per heavy atom. The highest BCUT2D eigenvalue weighted by Crippen LogP contribution is 2.17. The number of aryl methyl sites for hydroxylation is 2. The molecule has 0 unspecified atom stereocenters. The van der Waals surface area contributed by atoms with Gasteiger partial charge in [-0.25, -0.2) is 4.98 Å². The van der Waals surface area contributed by atoms with Crippen molar-refractivity contribution in [2.75, 3.05) is 0 Å². The van der Waals surface area contributed by atoms with Gasteiger partial charge in [0, 0.05) is 10.6 Å². The highest BCUT2D eigenvalue weighted by atomic mass is 79.9. The van der Waals surface area contributed by atoms with Crippen LogP contribution in [0.3, 0.4) is 0 Å². The first-order valence-corrected chi connectivity index (χ1v) is 6.42. The molecule has 0 saturated heterocycles. The number of nitrogens with zero attached hydrogens (tertiary/aromatic N) is 1. The normalized spacial score (nSPS) is 10.8. The predicted octanol–water partition coefficient (Wildman–Crippen LogP) is 2.48. The van der Waals surface area contributed by atoms with E-state index < -0.39 is 0 Å². The molecule has 0 spiro atoms. The number of aromatic nitrogens is 2. The second-order valence-corrected chi connectivity index (χ2v) is 5.02. The van der Waals surface area contributed by atoms with Crippen molar-refractivity contribution in [2.24, 2.45) is 5.73 Å². The molecule has 0 saturated carbocycles. The molecule has 0 aliphatic rings. The lowest BCUT2D eigenvalue weighted by molar-refractivity contribution is 0.902. The number of hydrogen-bond acceptors (Lipinski definition) is 3. The van der Waals surface area contributed by atoms with Gasteiger partial charge in [0.1, 0.15) is 10.4 Å². The lowest BCUT2D eigenvalue weighted by Crippen LogP contribution is -1.98. The van der Waals surface area contributed by atoms with Crippen molar-refractivity contribution in [3.8, 4) is 0 Å². The van der Waals surface area contributed by atoms with Crippen molar-refractivity contribution in [1.82, 2.24) is 9.97 Å². The minimum absolute atomic E-state index is 0.456. The maximum absolute atomic E-state index is 5.51. The number of imidazole rings is 1. The fourth-order valence-electron chi connectivity index (χ4n) is 1.41. The second-order valence-electron chi connectivity index (χ2n) is 3.24. The van der Waals surface area contributed by atoms with Crippen LogP contribution in [0.5, 0.6) is 0 Å². The maximum atomic E-state index is 5.51. The topological polar surface area (TPSA) is 54.7 Å². The van der Waals surface area contributed by atoms with E-state index >= 15 is 0 Å². The Bertz CT molecular complexity index is 422.